The van der Waals surface area contributed by atoms with Gasteiger partial charge in [0, 0.05) is 32.2 Å². The van der Waals surface area contributed by atoms with E-state index in [1.807, 2.05) is 12.3 Å². The zero-order chi connectivity index (χ0) is 11.5. The maximum absolute atomic E-state index is 5.54. The molecule has 0 aliphatic carbocycles. The van der Waals surface area contributed by atoms with Gasteiger partial charge in [-0.1, -0.05) is 0 Å². The summed E-state index contributed by atoms with van der Waals surface area (Å²) in [5, 5.41) is 0. The van der Waals surface area contributed by atoms with Crippen LogP contribution < -0.4 is 10.6 Å². The van der Waals surface area contributed by atoms with Crippen LogP contribution in [0.3, 0.4) is 0 Å². The van der Waals surface area contributed by atoms with Crippen LogP contribution >= 0.6 is 0 Å². The molecule has 1 unspecified atom stereocenters. The molecule has 2 N–H and O–H groups in total. The predicted octanol–water partition coefficient (Wildman–Crippen LogP) is 0.681. The fraction of sp³-hybridized carbons (Fsp3) is 0.583. The van der Waals surface area contributed by atoms with Crippen LogP contribution in [-0.2, 0) is 6.54 Å². The highest BCUT2D eigenvalue weighted by atomic mass is 15.3. The summed E-state index contributed by atoms with van der Waals surface area (Å²) in [4.78, 5) is 9.12. The normalized spacial score (nSPS) is 22.4. The molecular weight excluding hydrogens is 200 g/mol. The van der Waals surface area contributed by atoms with Crippen molar-refractivity contribution in [3.8, 4) is 0 Å². The summed E-state index contributed by atoms with van der Waals surface area (Å²) in [5.41, 5.74) is 7.70. The van der Waals surface area contributed by atoms with Crippen molar-refractivity contribution < 1.29 is 0 Å². The Morgan fingerprint density at radius 3 is 2.81 bits per heavy atom. The maximum Gasteiger partial charge on any atom is 0.0556 e. The monoisotopic (exact) mass is 220 g/mol. The van der Waals surface area contributed by atoms with Crippen LogP contribution in [0.2, 0.25) is 0 Å². The van der Waals surface area contributed by atoms with E-state index < -0.39 is 0 Å². The van der Waals surface area contributed by atoms with Crippen molar-refractivity contribution in [1.29, 1.82) is 0 Å². The molecule has 1 atom stereocenters. The molecule has 0 bridgehead atoms. The van der Waals surface area contributed by atoms with Crippen LogP contribution in [0.25, 0.3) is 0 Å². The molecule has 1 aliphatic rings. The van der Waals surface area contributed by atoms with Gasteiger partial charge in [0.15, 0.2) is 0 Å². The summed E-state index contributed by atoms with van der Waals surface area (Å²) in [6.45, 7) is 6.06. The Morgan fingerprint density at radius 1 is 1.44 bits per heavy atom. The number of anilines is 1. The first-order chi connectivity index (χ1) is 7.70. The molecule has 1 aromatic rings. The Kier molecular flexibility index (Phi) is 3.41. The van der Waals surface area contributed by atoms with E-state index in [1.54, 1.807) is 0 Å². The number of pyridine rings is 1. The fourth-order valence-corrected chi connectivity index (χ4v) is 2.23. The van der Waals surface area contributed by atoms with Gasteiger partial charge in [-0.25, -0.2) is 0 Å². The van der Waals surface area contributed by atoms with E-state index in [-0.39, 0.29) is 0 Å². The van der Waals surface area contributed by atoms with Crippen LogP contribution in [0, 0.1) is 0 Å². The number of likely N-dealkylation sites (N-methyl/N-ethyl adjacent to an activating group) is 1. The largest absolute Gasteiger partial charge is 0.365 e. The zero-order valence-electron chi connectivity index (χ0n) is 10.1. The van der Waals surface area contributed by atoms with Gasteiger partial charge in [0.25, 0.3) is 0 Å². The SMILES string of the molecule is CC1CN(C)CCN1c1ccc(CN)nc1. The molecular formula is C12H20N4. The third-order valence-electron chi connectivity index (χ3n) is 3.18. The number of hydrogen-bond acceptors (Lipinski definition) is 4. The lowest BCUT2D eigenvalue weighted by atomic mass is 10.2. The molecule has 88 valence electrons. The summed E-state index contributed by atoms with van der Waals surface area (Å²) in [5.74, 6) is 0. The number of aromatic nitrogens is 1. The Hall–Kier alpha value is -1.13. The van der Waals surface area contributed by atoms with E-state index in [2.05, 4.69) is 34.8 Å². The average molecular weight is 220 g/mol. The van der Waals surface area contributed by atoms with E-state index >= 15 is 0 Å². The smallest absolute Gasteiger partial charge is 0.0556 e. The minimum Gasteiger partial charge on any atom is -0.365 e. The topological polar surface area (TPSA) is 45.4 Å². The summed E-state index contributed by atoms with van der Waals surface area (Å²) in [6, 6.07) is 4.68. The molecule has 2 heterocycles. The van der Waals surface area contributed by atoms with E-state index in [4.69, 9.17) is 5.73 Å². The van der Waals surface area contributed by atoms with Crippen LogP contribution in [0.4, 0.5) is 5.69 Å². The Labute approximate surface area is 97.1 Å². The van der Waals surface area contributed by atoms with Gasteiger partial charge < -0.3 is 15.5 Å². The molecule has 0 saturated carbocycles. The van der Waals surface area contributed by atoms with Gasteiger partial charge in [0.1, 0.15) is 0 Å². The van der Waals surface area contributed by atoms with Crippen molar-refractivity contribution in [1.82, 2.24) is 9.88 Å². The summed E-state index contributed by atoms with van der Waals surface area (Å²) < 4.78 is 0. The van der Waals surface area contributed by atoms with Gasteiger partial charge in [0.2, 0.25) is 0 Å². The number of rotatable bonds is 2. The molecule has 16 heavy (non-hydrogen) atoms. The van der Waals surface area contributed by atoms with Gasteiger partial charge in [-0.05, 0) is 26.1 Å². The molecule has 4 nitrogen and oxygen atoms in total. The summed E-state index contributed by atoms with van der Waals surface area (Å²) in [6.07, 6.45) is 1.93. The quantitative estimate of drug-likeness (QED) is 0.796. The third kappa shape index (κ3) is 2.33. The number of piperazine rings is 1. The maximum atomic E-state index is 5.54. The van der Waals surface area contributed by atoms with Crippen molar-refractivity contribution in [3.63, 3.8) is 0 Å². The Morgan fingerprint density at radius 2 is 2.25 bits per heavy atom. The van der Waals surface area contributed by atoms with Crippen molar-refractivity contribution in [2.75, 3.05) is 31.6 Å². The molecule has 1 saturated heterocycles. The molecule has 4 heteroatoms. The Balaban J connectivity index is 2.11. The van der Waals surface area contributed by atoms with Gasteiger partial charge in [-0.15, -0.1) is 0 Å². The minimum absolute atomic E-state index is 0.512. The van der Waals surface area contributed by atoms with Crippen LogP contribution in [0.15, 0.2) is 18.3 Å². The second-order valence-corrected chi connectivity index (χ2v) is 4.52. The number of nitrogens with two attached hydrogens (primary N) is 1. The zero-order valence-corrected chi connectivity index (χ0v) is 10.1. The standard InChI is InChI=1S/C12H20N4/c1-10-9-15(2)5-6-16(10)12-4-3-11(7-13)14-8-12/h3-4,8,10H,5-7,9,13H2,1-2H3. The van der Waals surface area contributed by atoms with E-state index in [9.17, 15) is 0 Å². The first-order valence-corrected chi connectivity index (χ1v) is 5.81. The van der Waals surface area contributed by atoms with Gasteiger partial charge in [-0.2, -0.15) is 0 Å². The molecule has 2 rings (SSSR count). The lowest BCUT2D eigenvalue weighted by molar-refractivity contribution is 0.275. The van der Waals surface area contributed by atoms with Crippen molar-refractivity contribution in [3.05, 3.63) is 24.0 Å². The molecule has 1 aliphatic heterocycles. The first-order valence-electron chi connectivity index (χ1n) is 5.81. The molecule has 0 amide bonds. The van der Waals surface area contributed by atoms with Gasteiger partial charge in [-0.3, -0.25) is 4.98 Å². The number of hydrogen-bond donors (Lipinski definition) is 1. The second-order valence-electron chi connectivity index (χ2n) is 4.52. The van der Waals surface area contributed by atoms with Crippen LogP contribution in [0.1, 0.15) is 12.6 Å². The van der Waals surface area contributed by atoms with E-state index in [0.29, 0.717) is 12.6 Å². The van der Waals surface area contributed by atoms with Crippen LogP contribution in [0.5, 0.6) is 0 Å². The average Bonchev–Trinajstić information content (AvgIpc) is 2.29. The third-order valence-corrected chi connectivity index (χ3v) is 3.18. The highest BCUT2D eigenvalue weighted by molar-refractivity contribution is 5.46. The first kappa shape index (κ1) is 11.4. The van der Waals surface area contributed by atoms with Crippen molar-refractivity contribution in [2.45, 2.75) is 19.5 Å². The van der Waals surface area contributed by atoms with Crippen LogP contribution in [-0.4, -0.2) is 42.6 Å². The highest BCUT2D eigenvalue weighted by Crippen LogP contribution is 2.19. The number of nitrogens with zero attached hydrogens (tertiary/aromatic N) is 3. The minimum atomic E-state index is 0.512. The van der Waals surface area contributed by atoms with Gasteiger partial charge >= 0.3 is 0 Å². The summed E-state index contributed by atoms with van der Waals surface area (Å²) in [7, 11) is 2.17. The molecule has 1 fully saturated rings. The molecule has 0 radical (unpaired) electrons. The predicted molar refractivity (Wildman–Crippen MR) is 66.4 cm³/mol. The van der Waals surface area contributed by atoms with Gasteiger partial charge in [0.05, 0.1) is 17.6 Å². The lowest BCUT2D eigenvalue weighted by Gasteiger charge is -2.39. The molecule has 0 aromatic carbocycles. The second kappa shape index (κ2) is 4.80. The van der Waals surface area contributed by atoms with E-state index in [1.165, 1.54) is 5.69 Å². The van der Waals surface area contributed by atoms with E-state index in [0.717, 1.165) is 25.3 Å². The highest BCUT2D eigenvalue weighted by Gasteiger charge is 2.21. The molecule has 1 aromatic heterocycles. The molecule has 0 spiro atoms. The van der Waals surface area contributed by atoms with Crippen molar-refractivity contribution in [2.24, 2.45) is 5.73 Å². The summed E-state index contributed by atoms with van der Waals surface area (Å²) >= 11 is 0. The Bertz CT molecular complexity index is 335. The fourth-order valence-electron chi connectivity index (χ4n) is 2.23. The van der Waals surface area contributed by atoms with Crippen molar-refractivity contribution >= 4 is 5.69 Å². The lowest BCUT2D eigenvalue weighted by Crippen LogP contribution is -2.50.